The highest BCUT2D eigenvalue weighted by atomic mass is 32.2. The summed E-state index contributed by atoms with van der Waals surface area (Å²) in [6.07, 6.45) is 3.85. The predicted octanol–water partition coefficient (Wildman–Crippen LogP) is -1.50. The summed E-state index contributed by atoms with van der Waals surface area (Å²) in [6.45, 7) is 0. The lowest BCUT2D eigenvalue weighted by Crippen LogP contribution is -2.37. The molecule has 1 heterocycles. The Bertz CT molecular complexity index is 464. The maximum Gasteiger partial charge on any atom is 0.255 e. The van der Waals surface area contributed by atoms with Gasteiger partial charge in [-0.1, -0.05) is 0 Å². The van der Waals surface area contributed by atoms with Gasteiger partial charge in [0.15, 0.2) is 0 Å². The highest BCUT2D eigenvalue weighted by Crippen LogP contribution is 2.08. The van der Waals surface area contributed by atoms with Crippen molar-refractivity contribution in [3.05, 3.63) is 18.0 Å². The van der Waals surface area contributed by atoms with E-state index in [-0.39, 0.29) is 0 Å². The highest BCUT2D eigenvalue weighted by Gasteiger charge is 2.19. The van der Waals surface area contributed by atoms with Crippen LogP contribution in [-0.2, 0) is 21.9 Å². The molecule has 1 amide bonds. The summed E-state index contributed by atoms with van der Waals surface area (Å²) in [7, 11) is -1.91. The minimum absolute atomic E-state index is 0.457. The van der Waals surface area contributed by atoms with Gasteiger partial charge in [-0.2, -0.15) is 5.10 Å². The van der Waals surface area contributed by atoms with Crippen LogP contribution in [0.15, 0.2) is 12.4 Å². The van der Waals surface area contributed by atoms with E-state index < -0.39 is 22.0 Å². The van der Waals surface area contributed by atoms with Crippen molar-refractivity contribution in [3.8, 4) is 0 Å². The van der Waals surface area contributed by atoms with Crippen molar-refractivity contribution in [3.63, 3.8) is 0 Å². The summed E-state index contributed by atoms with van der Waals surface area (Å²) in [5, 5.41) is 3.82. The number of amides is 1. The first-order valence-corrected chi connectivity index (χ1v) is 5.94. The smallest absolute Gasteiger partial charge is 0.255 e. The Morgan fingerprint density at radius 2 is 2.27 bits per heavy atom. The third kappa shape index (κ3) is 3.33. The molecule has 3 N–H and O–H groups in total. The van der Waals surface area contributed by atoms with Gasteiger partial charge in [-0.05, 0) is 0 Å². The average Bonchev–Trinajstić information content (AvgIpc) is 2.47. The number of carbonyl (C=O) groups excluding carboxylic acids is 1. The maximum atomic E-state index is 11.3. The second-order valence-corrected chi connectivity index (χ2v) is 4.91. The van der Waals surface area contributed by atoms with Gasteiger partial charge in [0.25, 0.3) is 5.91 Å². The van der Waals surface area contributed by atoms with Crippen molar-refractivity contribution in [2.75, 3.05) is 6.26 Å². The van der Waals surface area contributed by atoms with Crippen molar-refractivity contribution in [2.45, 2.75) is 6.04 Å². The maximum absolute atomic E-state index is 11.3. The Morgan fingerprint density at radius 3 is 2.67 bits per heavy atom. The third-order valence-electron chi connectivity index (χ3n) is 1.65. The minimum atomic E-state index is -3.58. The molecule has 0 radical (unpaired) electrons. The van der Waals surface area contributed by atoms with E-state index in [4.69, 9.17) is 5.73 Å². The van der Waals surface area contributed by atoms with Crippen LogP contribution in [0.1, 0.15) is 11.6 Å². The lowest BCUT2D eigenvalue weighted by Gasteiger charge is -2.08. The van der Waals surface area contributed by atoms with Crippen molar-refractivity contribution in [1.29, 1.82) is 0 Å². The number of carbonyl (C=O) groups is 1. The van der Waals surface area contributed by atoms with Crippen molar-refractivity contribution < 1.29 is 13.2 Å². The van der Waals surface area contributed by atoms with E-state index in [0.29, 0.717) is 5.56 Å². The van der Waals surface area contributed by atoms with Crippen molar-refractivity contribution in [2.24, 2.45) is 12.8 Å². The molecule has 1 unspecified atom stereocenters. The summed E-state index contributed by atoms with van der Waals surface area (Å²) in [6, 6.07) is -1.03. The molecular weight excluding hydrogens is 220 g/mol. The minimum Gasteiger partial charge on any atom is -0.316 e. The molecule has 0 bridgehead atoms. The standard InChI is InChI=1S/C7H12N4O3S/c1-11-4-5(3-9-11)6(8)7(12)10-15(2,13)14/h3-4,6H,8H2,1-2H3,(H,10,12). The number of sulfonamides is 1. The molecule has 0 aliphatic carbocycles. The van der Waals surface area contributed by atoms with Gasteiger partial charge in [0.1, 0.15) is 6.04 Å². The SMILES string of the molecule is Cn1cc(C(N)C(=O)NS(C)(=O)=O)cn1. The molecule has 0 aliphatic heterocycles. The molecule has 0 fully saturated rings. The second kappa shape index (κ2) is 3.99. The Balaban J connectivity index is 2.78. The summed E-state index contributed by atoms with van der Waals surface area (Å²) < 4.78 is 24.8. The number of nitrogens with zero attached hydrogens (tertiary/aromatic N) is 2. The number of hydrogen-bond donors (Lipinski definition) is 2. The van der Waals surface area contributed by atoms with Crippen LogP contribution < -0.4 is 10.5 Å². The highest BCUT2D eigenvalue weighted by molar-refractivity contribution is 7.89. The van der Waals surface area contributed by atoms with Crippen LogP contribution in [0.2, 0.25) is 0 Å². The Hall–Kier alpha value is -1.41. The molecule has 84 valence electrons. The van der Waals surface area contributed by atoms with Gasteiger partial charge in [0.2, 0.25) is 10.0 Å². The number of nitrogens with two attached hydrogens (primary N) is 1. The zero-order valence-corrected chi connectivity index (χ0v) is 9.15. The first kappa shape index (κ1) is 11.7. The molecule has 0 spiro atoms. The lowest BCUT2D eigenvalue weighted by molar-refractivity contribution is -0.120. The molecule has 7 nitrogen and oxygen atoms in total. The monoisotopic (exact) mass is 232 g/mol. The summed E-state index contributed by atoms with van der Waals surface area (Å²) in [4.78, 5) is 11.3. The van der Waals surface area contributed by atoms with Crippen LogP contribution >= 0.6 is 0 Å². The third-order valence-corrected chi connectivity index (χ3v) is 2.22. The number of nitrogens with one attached hydrogen (secondary N) is 1. The van der Waals surface area contributed by atoms with E-state index in [0.717, 1.165) is 6.26 Å². The quantitative estimate of drug-likeness (QED) is 0.659. The molecule has 1 aromatic rings. The largest absolute Gasteiger partial charge is 0.316 e. The topological polar surface area (TPSA) is 107 Å². The van der Waals surface area contributed by atoms with E-state index in [1.807, 2.05) is 0 Å². The molecule has 15 heavy (non-hydrogen) atoms. The van der Waals surface area contributed by atoms with Crippen molar-refractivity contribution in [1.82, 2.24) is 14.5 Å². The molecule has 0 saturated carbocycles. The fraction of sp³-hybridized carbons (Fsp3) is 0.429. The number of hydrogen-bond acceptors (Lipinski definition) is 5. The van der Waals surface area contributed by atoms with Crippen LogP contribution in [0.5, 0.6) is 0 Å². The molecule has 1 atom stereocenters. The van der Waals surface area contributed by atoms with Crippen LogP contribution in [0.4, 0.5) is 0 Å². The lowest BCUT2D eigenvalue weighted by atomic mass is 10.2. The molecular formula is C7H12N4O3S. The fourth-order valence-corrected chi connectivity index (χ4v) is 1.49. The normalized spacial score (nSPS) is 13.5. The van der Waals surface area contributed by atoms with Crippen LogP contribution in [0.3, 0.4) is 0 Å². The predicted molar refractivity (Wildman–Crippen MR) is 53.1 cm³/mol. The average molecular weight is 232 g/mol. The van der Waals surface area contributed by atoms with Crippen LogP contribution in [-0.4, -0.2) is 30.4 Å². The first-order chi connectivity index (χ1) is 6.79. The van der Waals surface area contributed by atoms with E-state index in [1.165, 1.54) is 10.9 Å². The van der Waals surface area contributed by atoms with Gasteiger partial charge in [-0.15, -0.1) is 0 Å². The number of rotatable bonds is 3. The number of aromatic nitrogens is 2. The second-order valence-electron chi connectivity index (χ2n) is 3.16. The van der Waals surface area contributed by atoms with E-state index in [1.54, 1.807) is 18.0 Å². The zero-order valence-electron chi connectivity index (χ0n) is 8.34. The summed E-state index contributed by atoms with van der Waals surface area (Å²) >= 11 is 0. The van der Waals surface area contributed by atoms with Crippen LogP contribution in [0, 0.1) is 0 Å². The van der Waals surface area contributed by atoms with Gasteiger partial charge in [-0.25, -0.2) is 8.42 Å². The van der Waals surface area contributed by atoms with Gasteiger partial charge in [0.05, 0.1) is 12.5 Å². The summed E-state index contributed by atoms with van der Waals surface area (Å²) in [5.41, 5.74) is 5.99. The van der Waals surface area contributed by atoms with Gasteiger partial charge >= 0.3 is 0 Å². The van der Waals surface area contributed by atoms with Gasteiger partial charge in [0, 0.05) is 18.8 Å². The number of aryl methyl sites for hydroxylation is 1. The summed E-state index contributed by atoms with van der Waals surface area (Å²) in [5.74, 6) is -0.773. The molecule has 0 saturated heterocycles. The van der Waals surface area contributed by atoms with E-state index in [2.05, 4.69) is 5.10 Å². The Morgan fingerprint density at radius 1 is 1.67 bits per heavy atom. The Labute approximate surface area is 87.3 Å². The van der Waals surface area contributed by atoms with E-state index in [9.17, 15) is 13.2 Å². The van der Waals surface area contributed by atoms with Crippen LogP contribution in [0.25, 0.3) is 0 Å². The molecule has 0 aromatic carbocycles. The molecule has 0 aliphatic rings. The fourth-order valence-electron chi connectivity index (χ4n) is 0.998. The molecule has 1 rings (SSSR count). The van der Waals surface area contributed by atoms with Crippen molar-refractivity contribution >= 4 is 15.9 Å². The first-order valence-electron chi connectivity index (χ1n) is 4.05. The Kier molecular flexibility index (Phi) is 3.10. The van der Waals surface area contributed by atoms with Gasteiger partial charge < -0.3 is 5.73 Å². The zero-order chi connectivity index (χ0) is 11.6. The van der Waals surface area contributed by atoms with Gasteiger partial charge in [-0.3, -0.25) is 14.2 Å². The molecule has 8 heteroatoms. The van der Waals surface area contributed by atoms with E-state index >= 15 is 0 Å². The molecule has 1 aromatic heterocycles.